The third-order valence-corrected chi connectivity index (χ3v) is 4.55. The Labute approximate surface area is 117 Å². The zero-order valence-corrected chi connectivity index (χ0v) is 12.5. The molecule has 0 saturated carbocycles. The topological polar surface area (TPSA) is 32.3 Å². The van der Waals surface area contributed by atoms with Gasteiger partial charge in [-0.05, 0) is 45.1 Å². The van der Waals surface area contributed by atoms with Crippen molar-refractivity contribution in [3.63, 3.8) is 0 Å². The monoisotopic (exact) mass is 264 g/mol. The van der Waals surface area contributed by atoms with E-state index in [-0.39, 0.29) is 5.54 Å². The van der Waals surface area contributed by atoms with Crippen LogP contribution in [-0.2, 0) is 4.79 Å². The van der Waals surface area contributed by atoms with Gasteiger partial charge in [0.25, 0.3) is 0 Å². The van der Waals surface area contributed by atoms with E-state index in [0.29, 0.717) is 5.78 Å². The van der Waals surface area contributed by atoms with Crippen LogP contribution in [0.15, 0.2) is 11.6 Å². The number of Topliss-reactive ketones (excluding diaryl/α,β-unsaturated/α-hetero) is 1. The molecule has 0 bridgehead atoms. The maximum Gasteiger partial charge on any atom is 0.178 e. The van der Waals surface area contributed by atoms with Gasteiger partial charge in [0.15, 0.2) is 5.78 Å². The first kappa shape index (κ1) is 14.7. The standard InChI is InChI=1S/C16H28N2O/c1-16(2,18-12-10-17-11-13-18)15(19)14-8-6-4-3-5-7-9-14/h8,17H,3-7,9-13H2,1-2H3. The number of rotatable bonds is 3. The normalized spacial score (nSPS) is 23.4. The number of ketones is 1. The van der Waals surface area contributed by atoms with Crippen LogP contribution >= 0.6 is 0 Å². The van der Waals surface area contributed by atoms with E-state index < -0.39 is 0 Å². The lowest BCUT2D eigenvalue weighted by Crippen LogP contribution is -2.57. The van der Waals surface area contributed by atoms with Gasteiger partial charge < -0.3 is 5.32 Å². The molecule has 1 aliphatic carbocycles. The minimum atomic E-state index is -0.340. The fourth-order valence-electron chi connectivity index (χ4n) is 3.16. The van der Waals surface area contributed by atoms with Gasteiger partial charge in [-0.3, -0.25) is 9.69 Å². The van der Waals surface area contributed by atoms with Gasteiger partial charge in [-0.1, -0.05) is 18.9 Å². The summed E-state index contributed by atoms with van der Waals surface area (Å²) >= 11 is 0. The molecule has 2 aliphatic rings. The van der Waals surface area contributed by atoms with Crippen LogP contribution in [0.2, 0.25) is 0 Å². The fourth-order valence-corrected chi connectivity index (χ4v) is 3.16. The smallest absolute Gasteiger partial charge is 0.178 e. The van der Waals surface area contributed by atoms with Gasteiger partial charge in [-0.2, -0.15) is 0 Å². The Morgan fingerprint density at radius 2 is 1.84 bits per heavy atom. The first-order valence-electron chi connectivity index (χ1n) is 7.82. The number of carbonyl (C=O) groups is 1. The molecular weight excluding hydrogens is 236 g/mol. The van der Waals surface area contributed by atoms with Gasteiger partial charge >= 0.3 is 0 Å². The molecule has 0 atom stereocenters. The van der Waals surface area contributed by atoms with Gasteiger partial charge in [-0.25, -0.2) is 0 Å². The summed E-state index contributed by atoms with van der Waals surface area (Å²) in [5.41, 5.74) is 0.746. The third kappa shape index (κ3) is 3.67. The van der Waals surface area contributed by atoms with E-state index in [9.17, 15) is 4.79 Å². The van der Waals surface area contributed by atoms with E-state index in [0.717, 1.165) is 44.6 Å². The van der Waals surface area contributed by atoms with Gasteiger partial charge in [0.2, 0.25) is 0 Å². The minimum absolute atomic E-state index is 0.340. The van der Waals surface area contributed by atoms with E-state index in [1.807, 2.05) is 0 Å². The summed E-state index contributed by atoms with van der Waals surface area (Å²) in [6.07, 6.45) is 9.29. The highest BCUT2D eigenvalue weighted by molar-refractivity contribution is 6.02. The average Bonchev–Trinajstić information content (AvgIpc) is 2.39. The number of allylic oxidation sites excluding steroid dienone is 1. The van der Waals surface area contributed by atoms with Crippen LogP contribution in [-0.4, -0.2) is 42.4 Å². The molecule has 19 heavy (non-hydrogen) atoms. The highest BCUT2D eigenvalue weighted by Crippen LogP contribution is 2.25. The van der Waals surface area contributed by atoms with Crippen molar-refractivity contribution in [3.8, 4) is 0 Å². The maximum atomic E-state index is 12.9. The first-order chi connectivity index (χ1) is 9.12. The van der Waals surface area contributed by atoms with Crippen molar-refractivity contribution >= 4 is 5.78 Å². The second kappa shape index (κ2) is 6.67. The number of nitrogens with one attached hydrogen (secondary N) is 1. The van der Waals surface area contributed by atoms with Crippen molar-refractivity contribution in [2.45, 2.75) is 57.9 Å². The zero-order valence-electron chi connectivity index (χ0n) is 12.5. The Bertz CT molecular complexity index is 341. The summed E-state index contributed by atoms with van der Waals surface area (Å²) in [5.74, 6) is 0.358. The lowest BCUT2D eigenvalue weighted by molar-refractivity contribution is -0.126. The van der Waals surface area contributed by atoms with Crippen molar-refractivity contribution < 1.29 is 4.79 Å². The molecule has 0 aromatic rings. The second-order valence-corrected chi connectivity index (χ2v) is 6.31. The third-order valence-electron chi connectivity index (χ3n) is 4.55. The molecule has 0 radical (unpaired) electrons. The first-order valence-corrected chi connectivity index (χ1v) is 7.82. The van der Waals surface area contributed by atoms with Gasteiger partial charge in [0.05, 0.1) is 5.54 Å². The highest BCUT2D eigenvalue weighted by atomic mass is 16.1. The van der Waals surface area contributed by atoms with E-state index >= 15 is 0 Å². The molecule has 1 heterocycles. The SMILES string of the molecule is CC(C)(C(=O)C1=CCCCCCC1)N1CCNCC1. The van der Waals surface area contributed by atoms with Crippen molar-refractivity contribution in [1.82, 2.24) is 10.2 Å². The predicted molar refractivity (Wildman–Crippen MR) is 79.3 cm³/mol. The summed E-state index contributed by atoms with van der Waals surface area (Å²) in [7, 11) is 0. The van der Waals surface area contributed by atoms with Crippen molar-refractivity contribution in [3.05, 3.63) is 11.6 Å². The molecule has 108 valence electrons. The number of nitrogens with zero attached hydrogens (tertiary/aromatic N) is 1. The van der Waals surface area contributed by atoms with Crippen LogP contribution in [0.3, 0.4) is 0 Å². The molecule has 0 aromatic heterocycles. The van der Waals surface area contributed by atoms with Crippen molar-refractivity contribution in [2.75, 3.05) is 26.2 Å². The van der Waals surface area contributed by atoms with Crippen LogP contribution in [0.1, 0.15) is 52.4 Å². The molecule has 0 spiro atoms. The molecule has 3 heteroatoms. The summed E-state index contributed by atoms with van der Waals surface area (Å²) in [5, 5.41) is 3.36. The van der Waals surface area contributed by atoms with Crippen LogP contribution in [0.4, 0.5) is 0 Å². The molecule has 0 unspecified atom stereocenters. The Hall–Kier alpha value is -0.670. The van der Waals surface area contributed by atoms with Gasteiger partial charge in [0, 0.05) is 26.2 Å². The fraction of sp³-hybridized carbons (Fsp3) is 0.812. The summed E-state index contributed by atoms with van der Waals surface area (Å²) < 4.78 is 0. The number of carbonyl (C=O) groups excluding carboxylic acids is 1. The minimum Gasteiger partial charge on any atom is -0.314 e. The molecule has 0 aromatic carbocycles. The quantitative estimate of drug-likeness (QED) is 0.850. The van der Waals surface area contributed by atoms with Crippen molar-refractivity contribution in [2.24, 2.45) is 0 Å². The van der Waals surface area contributed by atoms with Crippen LogP contribution in [0.25, 0.3) is 0 Å². The Balaban J connectivity index is 2.06. The van der Waals surface area contributed by atoms with Gasteiger partial charge in [-0.15, -0.1) is 0 Å². The largest absolute Gasteiger partial charge is 0.314 e. The lowest BCUT2D eigenvalue weighted by Gasteiger charge is -2.40. The van der Waals surface area contributed by atoms with E-state index in [1.54, 1.807) is 0 Å². The molecular formula is C16H28N2O. The average molecular weight is 264 g/mol. The Morgan fingerprint density at radius 3 is 2.58 bits per heavy atom. The molecule has 1 saturated heterocycles. The number of piperazine rings is 1. The Kier molecular flexibility index (Phi) is 5.17. The molecule has 1 N–H and O–H groups in total. The second-order valence-electron chi connectivity index (χ2n) is 6.31. The van der Waals surface area contributed by atoms with Crippen LogP contribution in [0, 0.1) is 0 Å². The van der Waals surface area contributed by atoms with E-state index in [1.165, 1.54) is 25.7 Å². The number of hydrogen-bond donors (Lipinski definition) is 1. The van der Waals surface area contributed by atoms with E-state index in [2.05, 4.69) is 30.1 Å². The molecule has 3 nitrogen and oxygen atoms in total. The lowest BCUT2D eigenvalue weighted by atomic mass is 9.86. The predicted octanol–water partition coefficient (Wildman–Crippen LogP) is 2.52. The Morgan fingerprint density at radius 1 is 1.16 bits per heavy atom. The molecule has 1 fully saturated rings. The van der Waals surface area contributed by atoms with Crippen molar-refractivity contribution in [1.29, 1.82) is 0 Å². The van der Waals surface area contributed by atoms with E-state index in [4.69, 9.17) is 0 Å². The molecule has 1 aliphatic heterocycles. The maximum absolute atomic E-state index is 12.9. The zero-order chi connectivity index (χ0) is 13.7. The molecule has 2 rings (SSSR count). The summed E-state index contributed by atoms with van der Waals surface area (Å²) in [6.45, 7) is 8.14. The highest BCUT2D eigenvalue weighted by Gasteiger charge is 2.36. The summed E-state index contributed by atoms with van der Waals surface area (Å²) in [6, 6.07) is 0. The van der Waals surface area contributed by atoms with Crippen LogP contribution in [0.5, 0.6) is 0 Å². The number of hydrogen-bond acceptors (Lipinski definition) is 3. The molecule has 0 amide bonds. The van der Waals surface area contributed by atoms with Gasteiger partial charge in [0.1, 0.15) is 0 Å². The summed E-state index contributed by atoms with van der Waals surface area (Å²) in [4.78, 5) is 15.2. The van der Waals surface area contributed by atoms with Crippen LogP contribution < -0.4 is 5.32 Å².